The van der Waals surface area contributed by atoms with Gasteiger partial charge in [-0.15, -0.1) is 0 Å². The molecule has 2 heterocycles. The highest BCUT2D eigenvalue weighted by atomic mass is 16.5. The number of nitrogens with one attached hydrogen (secondary N) is 1. The van der Waals surface area contributed by atoms with Gasteiger partial charge < -0.3 is 15.0 Å². The van der Waals surface area contributed by atoms with Gasteiger partial charge >= 0.3 is 0 Å². The van der Waals surface area contributed by atoms with Gasteiger partial charge in [0.1, 0.15) is 0 Å². The molecule has 0 aliphatic carbocycles. The van der Waals surface area contributed by atoms with Crippen LogP contribution in [-0.4, -0.2) is 50.3 Å². The van der Waals surface area contributed by atoms with Gasteiger partial charge in [0.25, 0.3) is 0 Å². The molecule has 3 nitrogen and oxygen atoms in total. The van der Waals surface area contributed by atoms with Gasteiger partial charge in [-0.05, 0) is 44.7 Å². The first kappa shape index (κ1) is 15.3. The fourth-order valence-electron chi connectivity index (χ4n) is 3.58. The molecule has 0 amide bonds. The van der Waals surface area contributed by atoms with Gasteiger partial charge in [-0.1, -0.05) is 20.3 Å². The van der Waals surface area contributed by atoms with E-state index in [1.165, 1.54) is 51.7 Å². The van der Waals surface area contributed by atoms with E-state index in [1.807, 2.05) is 0 Å². The number of likely N-dealkylation sites (tertiary alicyclic amines) is 1. The van der Waals surface area contributed by atoms with Crippen molar-refractivity contribution in [3.8, 4) is 0 Å². The van der Waals surface area contributed by atoms with Gasteiger partial charge in [0.15, 0.2) is 0 Å². The zero-order valence-corrected chi connectivity index (χ0v) is 12.9. The predicted octanol–water partition coefficient (Wildman–Crippen LogP) is 2.51. The Labute approximate surface area is 119 Å². The van der Waals surface area contributed by atoms with Gasteiger partial charge in [0.2, 0.25) is 0 Å². The lowest BCUT2D eigenvalue weighted by molar-refractivity contribution is 0.165. The average Bonchev–Trinajstić information content (AvgIpc) is 3.06. The van der Waals surface area contributed by atoms with Crippen LogP contribution >= 0.6 is 0 Å². The highest BCUT2D eigenvalue weighted by molar-refractivity contribution is 4.85. The Kier molecular flexibility index (Phi) is 6.62. The Morgan fingerprint density at radius 2 is 2.16 bits per heavy atom. The van der Waals surface area contributed by atoms with Crippen LogP contribution in [0.3, 0.4) is 0 Å². The lowest BCUT2D eigenvalue weighted by Gasteiger charge is -2.28. The third kappa shape index (κ3) is 4.73. The maximum absolute atomic E-state index is 5.58. The summed E-state index contributed by atoms with van der Waals surface area (Å²) in [6.07, 6.45) is 6.63. The topological polar surface area (TPSA) is 24.5 Å². The Hall–Kier alpha value is -0.120. The van der Waals surface area contributed by atoms with Crippen LogP contribution in [0.1, 0.15) is 46.0 Å². The molecule has 0 saturated carbocycles. The van der Waals surface area contributed by atoms with Crippen molar-refractivity contribution in [1.29, 1.82) is 0 Å². The van der Waals surface area contributed by atoms with Crippen LogP contribution < -0.4 is 5.32 Å². The Bertz CT molecular complexity index is 241. The summed E-state index contributed by atoms with van der Waals surface area (Å²) < 4.78 is 5.58. The summed E-state index contributed by atoms with van der Waals surface area (Å²) in [6.45, 7) is 11.5. The van der Waals surface area contributed by atoms with Crippen molar-refractivity contribution < 1.29 is 4.74 Å². The fourth-order valence-corrected chi connectivity index (χ4v) is 3.58. The first-order chi connectivity index (χ1) is 9.33. The first-order valence-electron chi connectivity index (χ1n) is 8.37. The molecule has 0 bridgehead atoms. The van der Waals surface area contributed by atoms with Crippen molar-refractivity contribution in [1.82, 2.24) is 10.2 Å². The minimum absolute atomic E-state index is 0.642. The molecule has 0 spiro atoms. The van der Waals surface area contributed by atoms with Crippen LogP contribution in [-0.2, 0) is 4.74 Å². The van der Waals surface area contributed by atoms with E-state index >= 15 is 0 Å². The van der Waals surface area contributed by atoms with E-state index in [-0.39, 0.29) is 0 Å². The zero-order valence-electron chi connectivity index (χ0n) is 12.9. The predicted molar refractivity (Wildman–Crippen MR) is 80.5 cm³/mol. The molecule has 2 aliphatic rings. The van der Waals surface area contributed by atoms with E-state index in [2.05, 4.69) is 24.1 Å². The van der Waals surface area contributed by atoms with E-state index in [9.17, 15) is 0 Å². The van der Waals surface area contributed by atoms with Gasteiger partial charge in [-0.2, -0.15) is 0 Å². The van der Waals surface area contributed by atoms with Crippen molar-refractivity contribution in [2.45, 2.75) is 52.0 Å². The quantitative estimate of drug-likeness (QED) is 0.732. The average molecular weight is 268 g/mol. The molecule has 3 unspecified atom stereocenters. The molecular weight excluding hydrogens is 236 g/mol. The smallest absolute Gasteiger partial charge is 0.0510 e. The normalized spacial score (nSPS) is 30.0. The standard InChI is InChI=1S/C16H32N2O/c1-3-5-14-6-9-18(11-14)12-16(17-8-4-2)15-7-10-19-13-15/h14-17H,3-13H2,1-2H3. The molecule has 2 saturated heterocycles. The number of ether oxygens (including phenoxy) is 1. The summed E-state index contributed by atoms with van der Waals surface area (Å²) in [5.74, 6) is 1.69. The lowest BCUT2D eigenvalue weighted by atomic mass is 9.98. The highest BCUT2D eigenvalue weighted by Gasteiger charge is 2.29. The van der Waals surface area contributed by atoms with Crippen LogP contribution in [0.5, 0.6) is 0 Å². The lowest BCUT2D eigenvalue weighted by Crippen LogP contribution is -2.45. The third-order valence-electron chi connectivity index (χ3n) is 4.71. The van der Waals surface area contributed by atoms with Crippen molar-refractivity contribution in [3.05, 3.63) is 0 Å². The van der Waals surface area contributed by atoms with Crippen molar-refractivity contribution >= 4 is 0 Å². The SMILES string of the molecule is CCCNC(CN1CCC(CCC)C1)C1CCOC1. The summed E-state index contributed by atoms with van der Waals surface area (Å²) >= 11 is 0. The van der Waals surface area contributed by atoms with Gasteiger partial charge in [0.05, 0.1) is 6.61 Å². The summed E-state index contributed by atoms with van der Waals surface area (Å²) in [4.78, 5) is 2.69. The summed E-state index contributed by atoms with van der Waals surface area (Å²) in [5, 5.41) is 3.76. The van der Waals surface area contributed by atoms with Crippen molar-refractivity contribution in [2.75, 3.05) is 39.4 Å². The van der Waals surface area contributed by atoms with E-state index in [0.29, 0.717) is 6.04 Å². The molecule has 3 atom stereocenters. The van der Waals surface area contributed by atoms with Crippen LogP contribution in [0.15, 0.2) is 0 Å². The second kappa shape index (κ2) is 8.23. The van der Waals surface area contributed by atoms with Crippen LogP contribution in [0, 0.1) is 11.8 Å². The molecule has 0 aromatic carbocycles. The molecule has 0 aromatic heterocycles. The van der Waals surface area contributed by atoms with E-state index < -0.39 is 0 Å². The second-order valence-electron chi connectivity index (χ2n) is 6.39. The Morgan fingerprint density at radius 3 is 2.84 bits per heavy atom. The third-order valence-corrected chi connectivity index (χ3v) is 4.71. The summed E-state index contributed by atoms with van der Waals surface area (Å²) in [6, 6.07) is 0.642. The van der Waals surface area contributed by atoms with Crippen LogP contribution in [0.25, 0.3) is 0 Å². The molecule has 0 radical (unpaired) electrons. The number of hydrogen-bond donors (Lipinski definition) is 1. The molecule has 3 heteroatoms. The van der Waals surface area contributed by atoms with E-state index in [1.54, 1.807) is 0 Å². The largest absolute Gasteiger partial charge is 0.381 e. The van der Waals surface area contributed by atoms with Crippen LogP contribution in [0.4, 0.5) is 0 Å². The van der Waals surface area contributed by atoms with Gasteiger partial charge in [-0.3, -0.25) is 0 Å². The monoisotopic (exact) mass is 268 g/mol. The van der Waals surface area contributed by atoms with E-state index in [0.717, 1.165) is 31.6 Å². The molecule has 112 valence electrons. The summed E-state index contributed by atoms with van der Waals surface area (Å²) in [7, 11) is 0. The Balaban J connectivity index is 1.78. The molecule has 19 heavy (non-hydrogen) atoms. The number of nitrogens with zero attached hydrogens (tertiary/aromatic N) is 1. The second-order valence-corrected chi connectivity index (χ2v) is 6.39. The molecule has 1 N–H and O–H groups in total. The Morgan fingerprint density at radius 1 is 1.26 bits per heavy atom. The molecule has 2 aliphatic heterocycles. The molecular formula is C16H32N2O. The maximum atomic E-state index is 5.58. The maximum Gasteiger partial charge on any atom is 0.0510 e. The number of hydrogen-bond acceptors (Lipinski definition) is 3. The van der Waals surface area contributed by atoms with Crippen molar-refractivity contribution in [2.24, 2.45) is 11.8 Å². The fraction of sp³-hybridized carbons (Fsp3) is 1.00. The molecule has 2 rings (SSSR count). The zero-order chi connectivity index (χ0) is 13.5. The van der Waals surface area contributed by atoms with Gasteiger partial charge in [0, 0.05) is 31.7 Å². The number of rotatable bonds is 8. The summed E-state index contributed by atoms with van der Waals surface area (Å²) in [5.41, 5.74) is 0. The minimum Gasteiger partial charge on any atom is -0.381 e. The van der Waals surface area contributed by atoms with Crippen molar-refractivity contribution in [3.63, 3.8) is 0 Å². The first-order valence-corrected chi connectivity index (χ1v) is 8.37. The highest BCUT2D eigenvalue weighted by Crippen LogP contribution is 2.23. The van der Waals surface area contributed by atoms with Gasteiger partial charge in [-0.25, -0.2) is 0 Å². The minimum atomic E-state index is 0.642. The van der Waals surface area contributed by atoms with E-state index in [4.69, 9.17) is 4.74 Å². The van der Waals surface area contributed by atoms with Crippen LogP contribution in [0.2, 0.25) is 0 Å². The molecule has 2 fully saturated rings. The molecule has 0 aromatic rings.